The van der Waals surface area contributed by atoms with Crippen LogP contribution in [-0.2, 0) is 21.1 Å². The summed E-state index contributed by atoms with van der Waals surface area (Å²) >= 11 is 0. The van der Waals surface area contributed by atoms with Crippen LogP contribution < -0.4 is 0 Å². The Bertz CT molecular complexity index is 716. The van der Waals surface area contributed by atoms with Crippen molar-refractivity contribution in [2.75, 3.05) is 32.4 Å². The highest BCUT2D eigenvalue weighted by atomic mass is 32.2. The first kappa shape index (κ1) is 22.9. The maximum atomic E-state index is 12.1. The van der Waals surface area contributed by atoms with E-state index in [0.717, 1.165) is 70.3 Å². The molecule has 5 nitrogen and oxygen atoms in total. The van der Waals surface area contributed by atoms with E-state index in [4.69, 9.17) is 0 Å². The van der Waals surface area contributed by atoms with Gasteiger partial charge < -0.3 is 9.80 Å². The molecule has 1 heterocycles. The van der Waals surface area contributed by atoms with Crippen LogP contribution in [0.25, 0.3) is 0 Å². The van der Waals surface area contributed by atoms with E-state index in [-0.39, 0.29) is 0 Å². The minimum absolute atomic E-state index is 0.329. The molecule has 0 spiro atoms. The van der Waals surface area contributed by atoms with Gasteiger partial charge in [-0.15, -0.1) is 0 Å². The SMILES string of the molecule is CCN(CCCCN1CCCCCC1=O)C(C)Cc1ccc(S(C)(=O)=O)cc1. The molecular weight excluding hydrogens is 372 g/mol. The van der Waals surface area contributed by atoms with Crippen molar-refractivity contribution in [3.05, 3.63) is 29.8 Å². The highest BCUT2D eigenvalue weighted by molar-refractivity contribution is 7.90. The van der Waals surface area contributed by atoms with Crippen LogP contribution >= 0.6 is 0 Å². The van der Waals surface area contributed by atoms with Crippen molar-refractivity contribution in [1.29, 1.82) is 0 Å². The number of rotatable bonds is 10. The highest BCUT2D eigenvalue weighted by Crippen LogP contribution is 2.15. The first-order chi connectivity index (χ1) is 13.3. The summed E-state index contributed by atoms with van der Waals surface area (Å²) in [5.74, 6) is 0.329. The maximum absolute atomic E-state index is 12.1. The molecule has 1 atom stereocenters. The molecule has 1 aliphatic rings. The first-order valence-corrected chi connectivity index (χ1v) is 12.5. The third-order valence-electron chi connectivity index (χ3n) is 5.71. The van der Waals surface area contributed by atoms with Crippen molar-refractivity contribution < 1.29 is 13.2 Å². The predicted molar refractivity (Wildman–Crippen MR) is 114 cm³/mol. The summed E-state index contributed by atoms with van der Waals surface area (Å²) in [6.45, 7) is 8.24. The maximum Gasteiger partial charge on any atom is 0.222 e. The largest absolute Gasteiger partial charge is 0.343 e. The molecule has 2 rings (SSSR count). The molecule has 0 N–H and O–H groups in total. The quantitative estimate of drug-likeness (QED) is 0.556. The summed E-state index contributed by atoms with van der Waals surface area (Å²) in [7, 11) is -3.14. The van der Waals surface area contributed by atoms with E-state index in [1.807, 2.05) is 12.1 Å². The summed E-state index contributed by atoms with van der Waals surface area (Å²) in [6.07, 6.45) is 8.37. The van der Waals surface area contributed by atoms with Crippen molar-refractivity contribution in [1.82, 2.24) is 9.80 Å². The number of unbranched alkanes of at least 4 members (excludes halogenated alkanes) is 1. The lowest BCUT2D eigenvalue weighted by Crippen LogP contribution is -2.36. The molecule has 1 unspecified atom stereocenters. The molecule has 0 saturated carbocycles. The van der Waals surface area contributed by atoms with Crippen LogP contribution in [0.1, 0.15) is 57.9 Å². The van der Waals surface area contributed by atoms with Crippen LogP contribution in [0, 0.1) is 0 Å². The van der Waals surface area contributed by atoms with Gasteiger partial charge in [0.05, 0.1) is 4.90 Å². The van der Waals surface area contributed by atoms with E-state index in [0.29, 0.717) is 16.8 Å². The number of hydrogen-bond acceptors (Lipinski definition) is 4. The highest BCUT2D eigenvalue weighted by Gasteiger charge is 2.17. The normalized spacial score (nSPS) is 17.0. The van der Waals surface area contributed by atoms with Crippen LogP contribution in [0.15, 0.2) is 29.2 Å². The fourth-order valence-electron chi connectivity index (χ4n) is 3.93. The topological polar surface area (TPSA) is 57.7 Å². The van der Waals surface area contributed by atoms with E-state index in [1.165, 1.54) is 12.7 Å². The van der Waals surface area contributed by atoms with Crippen LogP contribution in [0.4, 0.5) is 0 Å². The fourth-order valence-corrected chi connectivity index (χ4v) is 4.56. The number of carbonyl (C=O) groups excluding carboxylic acids is 1. The van der Waals surface area contributed by atoms with Crippen molar-refractivity contribution in [2.45, 2.75) is 69.7 Å². The van der Waals surface area contributed by atoms with Gasteiger partial charge >= 0.3 is 0 Å². The summed E-state index contributed by atoms with van der Waals surface area (Å²) in [6, 6.07) is 7.64. The molecule has 0 aromatic heterocycles. The van der Waals surface area contributed by atoms with Crippen LogP contribution in [-0.4, -0.2) is 62.6 Å². The molecule has 1 aliphatic heterocycles. The molecule has 158 valence electrons. The van der Waals surface area contributed by atoms with Crippen molar-refractivity contribution in [3.8, 4) is 0 Å². The predicted octanol–water partition coefficient (Wildman–Crippen LogP) is 3.53. The van der Waals surface area contributed by atoms with Crippen molar-refractivity contribution in [3.63, 3.8) is 0 Å². The zero-order valence-electron chi connectivity index (χ0n) is 17.7. The Morgan fingerprint density at radius 1 is 1.11 bits per heavy atom. The molecule has 1 aromatic rings. The van der Waals surface area contributed by atoms with E-state index in [2.05, 4.69) is 23.6 Å². The van der Waals surface area contributed by atoms with E-state index < -0.39 is 9.84 Å². The van der Waals surface area contributed by atoms with Crippen LogP contribution in [0.3, 0.4) is 0 Å². The fraction of sp³-hybridized carbons (Fsp3) is 0.682. The van der Waals surface area contributed by atoms with Gasteiger partial charge in [0.15, 0.2) is 9.84 Å². The van der Waals surface area contributed by atoms with Crippen molar-refractivity contribution >= 4 is 15.7 Å². The van der Waals surface area contributed by atoms with Crippen LogP contribution in [0.5, 0.6) is 0 Å². The zero-order valence-corrected chi connectivity index (χ0v) is 18.5. The smallest absolute Gasteiger partial charge is 0.222 e. The third kappa shape index (κ3) is 7.21. The molecule has 1 saturated heterocycles. The molecule has 0 aliphatic carbocycles. The van der Waals surface area contributed by atoms with Gasteiger partial charge in [-0.1, -0.05) is 25.5 Å². The summed E-state index contributed by atoms with van der Waals surface area (Å²) in [5.41, 5.74) is 1.16. The Balaban J connectivity index is 1.78. The van der Waals surface area contributed by atoms with Crippen molar-refractivity contribution in [2.24, 2.45) is 0 Å². The lowest BCUT2D eigenvalue weighted by Gasteiger charge is -2.28. The van der Waals surface area contributed by atoms with Gasteiger partial charge in [-0.2, -0.15) is 0 Å². The molecule has 1 amide bonds. The van der Waals surface area contributed by atoms with Gasteiger partial charge in [0, 0.05) is 31.8 Å². The minimum Gasteiger partial charge on any atom is -0.343 e. The Morgan fingerprint density at radius 2 is 1.82 bits per heavy atom. The Kier molecular flexibility index (Phi) is 8.96. The first-order valence-electron chi connectivity index (χ1n) is 10.6. The van der Waals surface area contributed by atoms with Gasteiger partial charge in [0.25, 0.3) is 0 Å². The van der Waals surface area contributed by atoms with E-state index in [1.54, 1.807) is 12.1 Å². The second-order valence-corrected chi connectivity index (χ2v) is 10.0. The monoisotopic (exact) mass is 408 g/mol. The average molecular weight is 409 g/mol. The van der Waals surface area contributed by atoms with E-state index >= 15 is 0 Å². The second-order valence-electron chi connectivity index (χ2n) is 8.00. The lowest BCUT2D eigenvalue weighted by atomic mass is 10.1. The summed E-state index contributed by atoms with van der Waals surface area (Å²) < 4.78 is 23.2. The minimum atomic E-state index is -3.14. The van der Waals surface area contributed by atoms with E-state index in [9.17, 15) is 13.2 Å². The Morgan fingerprint density at radius 3 is 2.46 bits per heavy atom. The molecule has 1 aromatic carbocycles. The lowest BCUT2D eigenvalue weighted by molar-refractivity contribution is -0.130. The van der Waals surface area contributed by atoms with Gasteiger partial charge in [0.2, 0.25) is 5.91 Å². The summed E-state index contributed by atoms with van der Waals surface area (Å²) in [4.78, 5) is 17.0. The molecule has 1 fully saturated rings. The molecule has 0 bridgehead atoms. The van der Waals surface area contributed by atoms with Gasteiger partial charge in [0.1, 0.15) is 0 Å². The Labute approximate surface area is 171 Å². The van der Waals surface area contributed by atoms with Gasteiger partial charge in [-0.05, 0) is 69.8 Å². The number of benzene rings is 1. The zero-order chi connectivity index (χ0) is 20.6. The number of hydrogen-bond donors (Lipinski definition) is 0. The Hall–Kier alpha value is -1.40. The molecular formula is C22H36N2O3S. The number of sulfone groups is 1. The van der Waals surface area contributed by atoms with Gasteiger partial charge in [-0.3, -0.25) is 4.79 Å². The number of nitrogens with zero attached hydrogens (tertiary/aromatic N) is 2. The number of carbonyl (C=O) groups is 1. The summed E-state index contributed by atoms with van der Waals surface area (Å²) in [5, 5.41) is 0. The second kappa shape index (κ2) is 11.0. The third-order valence-corrected chi connectivity index (χ3v) is 6.84. The molecule has 6 heteroatoms. The number of amides is 1. The van der Waals surface area contributed by atoms with Gasteiger partial charge in [-0.25, -0.2) is 8.42 Å². The molecule has 28 heavy (non-hydrogen) atoms. The van der Waals surface area contributed by atoms with Crippen LogP contribution in [0.2, 0.25) is 0 Å². The molecule has 0 radical (unpaired) electrons. The number of likely N-dealkylation sites (N-methyl/N-ethyl adjacent to an activating group) is 1. The average Bonchev–Trinajstić information content (AvgIpc) is 2.85. The number of likely N-dealkylation sites (tertiary alicyclic amines) is 1. The standard InChI is InChI=1S/C22H36N2O3S/c1-4-23(15-8-9-17-24-16-7-5-6-10-22(24)25)19(2)18-20-11-13-21(14-12-20)28(3,26)27/h11-14,19H,4-10,15-18H2,1-3H3.